The number of carbonyl (C=O) groups is 1. The number of aryl methyl sites for hydroxylation is 2. The van der Waals surface area contributed by atoms with Gasteiger partial charge in [-0.15, -0.1) is 0 Å². The summed E-state index contributed by atoms with van der Waals surface area (Å²) in [4.78, 5) is 12.2. The Morgan fingerprint density at radius 2 is 1.60 bits per heavy atom. The zero-order chi connectivity index (χ0) is 18.6. The standard InChI is InChI=1S/C19H24N2O3S/c1-5-15(4)20-19(22)16-6-8-18(9-7-16)25(23,24)21-17-11-13(2)10-14(3)12-17/h6-12,15,21H,5H2,1-4H3,(H,20,22). The number of hydrogen-bond acceptors (Lipinski definition) is 3. The fourth-order valence-electron chi connectivity index (χ4n) is 2.44. The first-order chi connectivity index (χ1) is 11.7. The van der Waals surface area contributed by atoms with Crippen LogP contribution in [0.25, 0.3) is 0 Å². The summed E-state index contributed by atoms with van der Waals surface area (Å²) in [6, 6.07) is 11.5. The summed E-state index contributed by atoms with van der Waals surface area (Å²) in [6.07, 6.45) is 0.831. The van der Waals surface area contributed by atoms with E-state index in [-0.39, 0.29) is 16.8 Å². The Morgan fingerprint density at radius 1 is 1.04 bits per heavy atom. The van der Waals surface area contributed by atoms with Crippen LogP contribution >= 0.6 is 0 Å². The van der Waals surface area contributed by atoms with Crippen molar-refractivity contribution >= 4 is 21.6 Å². The second-order valence-corrected chi connectivity index (χ2v) is 7.97. The molecule has 0 aromatic heterocycles. The van der Waals surface area contributed by atoms with Crippen molar-refractivity contribution in [2.75, 3.05) is 4.72 Å². The van der Waals surface area contributed by atoms with Crippen molar-refractivity contribution in [3.63, 3.8) is 0 Å². The largest absolute Gasteiger partial charge is 0.350 e. The average Bonchev–Trinajstić information content (AvgIpc) is 2.53. The molecule has 2 rings (SSSR count). The summed E-state index contributed by atoms with van der Waals surface area (Å²) < 4.78 is 27.6. The van der Waals surface area contributed by atoms with Crippen molar-refractivity contribution in [2.45, 2.75) is 45.1 Å². The lowest BCUT2D eigenvalue weighted by atomic mass is 10.1. The van der Waals surface area contributed by atoms with Crippen LogP contribution in [0.3, 0.4) is 0 Å². The van der Waals surface area contributed by atoms with E-state index < -0.39 is 10.0 Å². The topological polar surface area (TPSA) is 75.3 Å². The van der Waals surface area contributed by atoms with Gasteiger partial charge in [-0.3, -0.25) is 9.52 Å². The Kier molecular flexibility index (Phi) is 5.85. The molecule has 2 aromatic carbocycles. The lowest BCUT2D eigenvalue weighted by Gasteiger charge is -2.12. The Bertz CT molecular complexity index is 838. The maximum atomic E-state index is 12.5. The first-order valence-electron chi connectivity index (χ1n) is 8.23. The van der Waals surface area contributed by atoms with Gasteiger partial charge in [0.15, 0.2) is 0 Å². The molecule has 0 heterocycles. The highest BCUT2D eigenvalue weighted by Crippen LogP contribution is 2.19. The van der Waals surface area contributed by atoms with Crippen LogP contribution in [0.4, 0.5) is 5.69 Å². The van der Waals surface area contributed by atoms with Gasteiger partial charge in [-0.05, 0) is 74.7 Å². The number of amides is 1. The molecule has 1 unspecified atom stereocenters. The maximum absolute atomic E-state index is 12.5. The van der Waals surface area contributed by atoms with E-state index in [4.69, 9.17) is 0 Å². The van der Waals surface area contributed by atoms with Gasteiger partial charge in [-0.1, -0.05) is 13.0 Å². The van der Waals surface area contributed by atoms with Gasteiger partial charge in [0, 0.05) is 17.3 Å². The summed E-state index contributed by atoms with van der Waals surface area (Å²) >= 11 is 0. The van der Waals surface area contributed by atoms with E-state index in [1.165, 1.54) is 24.3 Å². The minimum Gasteiger partial charge on any atom is -0.350 e. The Labute approximate surface area is 149 Å². The number of anilines is 1. The first-order valence-corrected chi connectivity index (χ1v) is 9.71. The molecule has 134 valence electrons. The predicted octanol–water partition coefficient (Wildman–Crippen LogP) is 3.63. The molecule has 2 aromatic rings. The number of benzene rings is 2. The molecule has 0 aliphatic heterocycles. The number of carbonyl (C=O) groups excluding carboxylic acids is 1. The van der Waals surface area contributed by atoms with Crippen molar-refractivity contribution in [2.24, 2.45) is 0 Å². The molecule has 0 aliphatic rings. The average molecular weight is 360 g/mol. The molecule has 1 amide bonds. The number of hydrogen-bond donors (Lipinski definition) is 2. The minimum absolute atomic E-state index is 0.0714. The Morgan fingerprint density at radius 3 is 2.12 bits per heavy atom. The molecule has 0 saturated carbocycles. The van der Waals surface area contributed by atoms with Crippen LogP contribution < -0.4 is 10.0 Å². The van der Waals surface area contributed by atoms with E-state index >= 15 is 0 Å². The van der Waals surface area contributed by atoms with E-state index in [0.29, 0.717) is 11.3 Å². The smallest absolute Gasteiger partial charge is 0.261 e. The second-order valence-electron chi connectivity index (χ2n) is 6.29. The minimum atomic E-state index is -3.70. The zero-order valence-corrected chi connectivity index (χ0v) is 15.8. The summed E-state index contributed by atoms with van der Waals surface area (Å²) in [5.74, 6) is -0.208. The van der Waals surface area contributed by atoms with Gasteiger partial charge in [-0.2, -0.15) is 0 Å². The normalized spacial score (nSPS) is 12.5. The molecule has 0 aliphatic carbocycles. The summed E-state index contributed by atoms with van der Waals surface area (Å²) in [7, 11) is -3.70. The molecule has 0 bridgehead atoms. The maximum Gasteiger partial charge on any atom is 0.261 e. The van der Waals surface area contributed by atoms with Gasteiger partial charge in [0.05, 0.1) is 4.90 Å². The van der Waals surface area contributed by atoms with Gasteiger partial charge in [-0.25, -0.2) is 8.42 Å². The molecular formula is C19H24N2O3S. The first kappa shape index (κ1) is 19.0. The lowest BCUT2D eigenvalue weighted by Crippen LogP contribution is -2.31. The molecule has 0 fully saturated rings. The number of rotatable bonds is 6. The van der Waals surface area contributed by atoms with Crippen molar-refractivity contribution in [3.05, 3.63) is 59.2 Å². The molecule has 0 radical (unpaired) electrons. The Hall–Kier alpha value is -2.34. The van der Waals surface area contributed by atoms with E-state index in [0.717, 1.165) is 17.5 Å². The molecule has 1 atom stereocenters. The van der Waals surface area contributed by atoms with Crippen molar-refractivity contribution in [3.8, 4) is 0 Å². The third-order valence-corrected chi connectivity index (χ3v) is 5.29. The van der Waals surface area contributed by atoms with Crippen LogP contribution in [0.2, 0.25) is 0 Å². The van der Waals surface area contributed by atoms with E-state index in [1.54, 1.807) is 12.1 Å². The van der Waals surface area contributed by atoms with Crippen LogP contribution in [-0.2, 0) is 10.0 Å². The fourth-order valence-corrected chi connectivity index (χ4v) is 3.48. The molecule has 6 heteroatoms. The monoisotopic (exact) mass is 360 g/mol. The SMILES string of the molecule is CCC(C)NC(=O)c1ccc(S(=O)(=O)Nc2cc(C)cc(C)c2)cc1. The predicted molar refractivity (Wildman–Crippen MR) is 100 cm³/mol. The Balaban J connectivity index is 2.18. The molecule has 0 saturated heterocycles. The molecular weight excluding hydrogens is 336 g/mol. The summed E-state index contributed by atoms with van der Waals surface area (Å²) in [5.41, 5.74) is 2.92. The van der Waals surface area contributed by atoms with Gasteiger partial charge in [0.1, 0.15) is 0 Å². The van der Waals surface area contributed by atoms with Crippen LogP contribution in [0.1, 0.15) is 41.8 Å². The number of nitrogens with one attached hydrogen (secondary N) is 2. The highest BCUT2D eigenvalue weighted by molar-refractivity contribution is 7.92. The third-order valence-electron chi connectivity index (χ3n) is 3.89. The van der Waals surface area contributed by atoms with Gasteiger partial charge < -0.3 is 5.32 Å². The highest BCUT2D eigenvalue weighted by Gasteiger charge is 2.16. The van der Waals surface area contributed by atoms with Crippen molar-refractivity contribution in [1.82, 2.24) is 5.32 Å². The van der Waals surface area contributed by atoms with E-state index in [9.17, 15) is 13.2 Å². The third kappa shape index (κ3) is 5.06. The summed E-state index contributed by atoms with van der Waals surface area (Å²) in [6.45, 7) is 7.73. The van der Waals surface area contributed by atoms with Crippen LogP contribution in [-0.4, -0.2) is 20.4 Å². The van der Waals surface area contributed by atoms with Crippen LogP contribution in [0.5, 0.6) is 0 Å². The zero-order valence-electron chi connectivity index (χ0n) is 15.0. The summed E-state index contributed by atoms with van der Waals surface area (Å²) in [5, 5.41) is 2.85. The van der Waals surface area contributed by atoms with Crippen molar-refractivity contribution in [1.29, 1.82) is 0 Å². The molecule has 2 N–H and O–H groups in total. The lowest BCUT2D eigenvalue weighted by molar-refractivity contribution is 0.0939. The second kappa shape index (κ2) is 7.70. The highest BCUT2D eigenvalue weighted by atomic mass is 32.2. The van der Waals surface area contributed by atoms with E-state index in [1.807, 2.05) is 33.8 Å². The van der Waals surface area contributed by atoms with Gasteiger partial charge >= 0.3 is 0 Å². The number of sulfonamides is 1. The molecule has 25 heavy (non-hydrogen) atoms. The van der Waals surface area contributed by atoms with Gasteiger partial charge in [0.2, 0.25) is 0 Å². The van der Waals surface area contributed by atoms with Crippen LogP contribution in [0, 0.1) is 13.8 Å². The van der Waals surface area contributed by atoms with E-state index in [2.05, 4.69) is 10.0 Å². The quantitative estimate of drug-likeness (QED) is 0.826. The van der Waals surface area contributed by atoms with Crippen LogP contribution in [0.15, 0.2) is 47.4 Å². The van der Waals surface area contributed by atoms with Crippen molar-refractivity contribution < 1.29 is 13.2 Å². The molecule has 0 spiro atoms. The molecule has 5 nitrogen and oxygen atoms in total. The van der Waals surface area contributed by atoms with Gasteiger partial charge in [0.25, 0.3) is 15.9 Å². The fraction of sp³-hybridized carbons (Fsp3) is 0.316.